The van der Waals surface area contributed by atoms with Crippen LogP contribution in [0, 0.1) is 0 Å². The number of nitrogens with one attached hydrogen (secondary N) is 2. The molecule has 2 heterocycles. The van der Waals surface area contributed by atoms with E-state index in [1.807, 2.05) is 12.1 Å². The van der Waals surface area contributed by atoms with Gasteiger partial charge >= 0.3 is 0 Å². The van der Waals surface area contributed by atoms with Crippen molar-refractivity contribution in [1.29, 1.82) is 0 Å². The standard InChI is InChI=1S/C18H24N4O/c1-18(2,3)19-11-15(23)21-16-12-7-5-6-8-14(12)20-17-13(16)9-10-22(17)4/h5-8,19H,9-11H2,1-4H3,(H,20,21,23)/p+2. The molecule has 0 spiro atoms. The highest BCUT2D eigenvalue weighted by atomic mass is 16.1. The van der Waals surface area contributed by atoms with Crippen LogP contribution in [-0.2, 0) is 11.2 Å². The smallest absolute Gasteiger partial charge is 0.280 e. The molecule has 4 N–H and O–H groups in total. The normalized spacial score (nSPS) is 14.2. The number of amides is 1. The van der Waals surface area contributed by atoms with E-state index in [0.717, 1.165) is 35.4 Å². The molecule has 3 rings (SSSR count). The molecule has 1 aromatic heterocycles. The molecule has 0 unspecified atom stereocenters. The lowest BCUT2D eigenvalue weighted by Crippen LogP contribution is -2.95. The Morgan fingerprint density at radius 3 is 2.83 bits per heavy atom. The second kappa shape index (κ2) is 5.81. The summed E-state index contributed by atoms with van der Waals surface area (Å²) in [6.07, 6.45) is 0.950. The van der Waals surface area contributed by atoms with E-state index in [0.29, 0.717) is 6.54 Å². The van der Waals surface area contributed by atoms with Crippen molar-refractivity contribution in [2.45, 2.75) is 32.7 Å². The lowest BCUT2D eigenvalue weighted by Gasteiger charge is -2.17. The maximum absolute atomic E-state index is 12.4. The zero-order chi connectivity index (χ0) is 16.6. The van der Waals surface area contributed by atoms with Crippen molar-refractivity contribution in [2.75, 3.05) is 30.4 Å². The number of carbonyl (C=O) groups is 1. The van der Waals surface area contributed by atoms with Crippen LogP contribution in [-0.4, -0.2) is 31.6 Å². The van der Waals surface area contributed by atoms with Gasteiger partial charge in [0, 0.05) is 11.8 Å². The number of rotatable bonds is 3. The van der Waals surface area contributed by atoms with Crippen LogP contribution in [0.5, 0.6) is 0 Å². The monoisotopic (exact) mass is 314 g/mol. The van der Waals surface area contributed by atoms with Crippen LogP contribution in [0.15, 0.2) is 24.3 Å². The maximum Gasteiger partial charge on any atom is 0.280 e. The van der Waals surface area contributed by atoms with Gasteiger partial charge in [0.2, 0.25) is 0 Å². The number of quaternary nitrogens is 1. The van der Waals surface area contributed by atoms with Gasteiger partial charge in [-0.25, -0.2) is 4.98 Å². The van der Waals surface area contributed by atoms with Gasteiger partial charge in [-0.3, -0.25) is 9.69 Å². The molecule has 1 aromatic carbocycles. The maximum atomic E-state index is 12.4. The molecular formula is C18H26N4O+2. The number of aromatic nitrogens is 1. The Morgan fingerprint density at radius 1 is 1.35 bits per heavy atom. The number of likely N-dealkylation sites (N-methyl/N-ethyl adjacent to an activating group) is 1. The molecule has 23 heavy (non-hydrogen) atoms. The van der Waals surface area contributed by atoms with Crippen LogP contribution in [0.4, 0.5) is 11.5 Å². The fourth-order valence-corrected chi connectivity index (χ4v) is 2.99. The summed E-state index contributed by atoms with van der Waals surface area (Å²) in [6, 6.07) is 8.14. The first-order chi connectivity index (χ1) is 10.8. The second-order valence-corrected chi connectivity index (χ2v) is 7.37. The molecule has 0 aliphatic carbocycles. The first-order valence-electron chi connectivity index (χ1n) is 8.17. The van der Waals surface area contributed by atoms with Gasteiger partial charge in [0.05, 0.1) is 30.4 Å². The quantitative estimate of drug-likeness (QED) is 0.886. The molecular weight excluding hydrogens is 288 g/mol. The minimum absolute atomic E-state index is 0.0477. The van der Waals surface area contributed by atoms with Gasteiger partial charge in [-0.1, -0.05) is 12.1 Å². The van der Waals surface area contributed by atoms with E-state index in [-0.39, 0.29) is 11.4 Å². The number of fused-ring (bicyclic) bond motifs is 2. The summed E-state index contributed by atoms with van der Waals surface area (Å²) in [5, 5.41) is 6.30. The number of hydrogen-bond donors (Lipinski definition) is 2. The number of para-hydroxylation sites is 1. The van der Waals surface area contributed by atoms with Crippen LogP contribution < -0.4 is 20.5 Å². The largest absolute Gasteiger partial charge is 0.334 e. The van der Waals surface area contributed by atoms with E-state index in [4.69, 9.17) is 0 Å². The van der Waals surface area contributed by atoms with Crippen LogP contribution in [0.25, 0.3) is 10.9 Å². The van der Waals surface area contributed by atoms with E-state index in [1.165, 1.54) is 5.56 Å². The lowest BCUT2D eigenvalue weighted by atomic mass is 10.1. The first kappa shape index (κ1) is 15.7. The summed E-state index contributed by atoms with van der Waals surface area (Å²) in [5.41, 5.74) is 3.27. The zero-order valence-corrected chi connectivity index (χ0v) is 14.4. The fraction of sp³-hybridized carbons (Fsp3) is 0.444. The number of anilines is 2. The molecule has 5 nitrogen and oxygen atoms in total. The zero-order valence-electron chi connectivity index (χ0n) is 14.4. The van der Waals surface area contributed by atoms with Crippen molar-refractivity contribution in [3.63, 3.8) is 0 Å². The van der Waals surface area contributed by atoms with Gasteiger partial charge in [0.15, 0.2) is 6.54 Å². The van der Waals surface area contributed by atoms with E-state index >= 15 is 0 Å². The molecule has 0 bridgehead atoms. The van der Waals surface area contributed by atoms with Gasteiger partial charge < -0.3 is 10.6 Å². The van der Waals surface area contributed by atoms with Crippen molar-refractivity contribution in [3.05, 3.63) is 29.8 Å². The van der Waals surface area contributed by atoms with E-state index in [2.05, 4.69) is 60.5 Å². The Kier molecular flexibility index (Phi) is 3.98. The highest BCUT2D eigenvalue weighted by Crippen LogP contribution is 2.34. The van der Waals surface area contributed by atoms with Crippen molar-refractivity contribution in [3.8, 4) is 0 Å². The van der Waals surface area contributed by atoms with Crippen molar-refractivity contribution >= 4 is 28.3 Å². The second-order valence-electron chi connectivity index (χ2n) is 7.37. The summed E-state index contributed by atoms with van der Waals surface area (Å²) in [6.45, 7) is 7.74. The molecule has 5 heteroatoms. The highest BCUT2D eigenvalue weighted by molar-refractivity contribution is 6.03. The number of carbonyl (C=O) groups excluding carboxylic acids is 1. The number of pyridine rings is 1. The summed E-state index contributed by atoms with van der Waals surface area (Å²) in [5.74, 6) is 1.16. The van der Waals surface area contributed by atoms with Crippen molar-refractivity contribution in [1.82, 2.24) is 0 Å². The third kappa shape index (κ3) is 3.29. The molecule has 0 saturated heterocycles. The van der Waals surface area contributed by atoms with E-state index in [9.17, 15) is 4.79 Å². The topological polar surface area (TPSA) is 63.1 Å². The van der Waals surface area contributed by atoms with Crippen LogP contribution in [0.3, 0.4) is 0 Å². The number of nitrogens with zero attached hydrogens (tertiary/aromatic N) is 1. The Morgan fingerprint density at radius 2 is 2.09 bits per heavy atom. The van der Waals surface area contributed by atoms with Crippen LogP contribution >= 0.6 is 0 Å². The average Bonchev–Trinajstić information content (AvgIpc) is 2.86. The number of H-pyrrole nitrogens is 1. The SMILES string of the molecule is CN1CCc2c1[nH+]c1ccccc1c2NC(=O)C[NH2+]C(C)(C)C. The van der Waals surface area contributed by atoms with E-state index in [1.54, 1.807) is 0 Å². The highest BCUT2D eigenvalue weighted by Gasteiger charge is 2.30. The molecule has 122 valence electrons. The summed E-state index contributed by atoms with van der Waals surface area (Å²) >= 11 is 0. The predicted octanol–water partition coefficient (Wildman–Crippen LogP) is 0.947. The van der Waals surface area contributed by atoms with Gasteiger partial charge in [-0.15, -0.1) is 0 Å². The number of nitrogens with two attached hydrogens (primary N) is 1. The Hall–Kier alpha value is -2.14. The van der Waals surface area contributed by atoms with Gasteiger partial charge in [0.1, 0.15) is 5.52 Å². The fourth-order valence-electron chi connectivity index (χ4n) is 2.99. The van der Waals surface area contributed by atoms with E-state index < -0.39 is 0 Å². The minimum Gasteiger partial charge on any atom is -0.334 e. The molecule has 0 saturated carbocycles. The molecule has 0 atom stereocenters. The molecule has 1 amide bonds. The Bertz CT molecular complexity index is 749. The van der Waals surface area contributed by atoms with Crippen molar-refractivity contribution < 1.29 is 15.1 Å². The van der Waals surface area contributed by atoms with Crippen LogP contribution in [0.1, 0.15) is 26.3 Å². The number of aromatic amines is 1. The molecule has 2 aromatic rings. The third-order valence-electron chi connectivity index (χ3n) is 4.28. The summed E-state index contributed by atoms with van der Waals surface area (Å²) < 4.78 is 0. The number of hydrogen-bond acceptors (Lipinski definition) is 2. The molecule has 1 aliphatic heterocycles. The molecule has 0 fully saturated rings. The van der Waals surface area contributed by atoms with Crippen molar-refractivity contribution in [2.24, 2.45) is 0 Å². The Labute approximate surface area is 137 Å². The number of benzene rings is 1. The Balaban J connectivity index is 1.95. The minimum atomic E-state index is 0.0477. The van der Waals surface area contributed by atoms with Gasteiger partial charge in [-0.05, 0) is 32.9 Å². The molecule has 1 aliphatic rings. The summed E-state index contributed by atoms with van der Waals surface area (Å²) in [7, 11) is 2.08. The lowest BCUT2D eigenvalue weighted by molar-refractivity contribution is -0.707. The third-order valence-corrected chi connectivity index (χ3v) is 4.28. The predicted molar refractivity (Wildman–Crippen MR) is 92.7 cm³/mol. The van der Waals surface area contributed by atoms with Gasteiger partial charge in [0.25, 0.3) is 11.7 Å². The average molecular weight is 314 g/mol. The summed E-state index contributed by atoms with van der Waals surface area (Å²) in [4.78, 5) is 18.1. The first-order valence-corrected chi connectivity index (χ1v) is 8.17. The van der Waals surface area contributed by atoms with Crippen LogP contribution in [0.2, 0.25) is 0 Å². The molecule has 0 radical (unpaired) electrons. The van der Waals surface area contributed by atoms with Gasteiger partial charge in [-0.2, -0.15) is 0 Å².